The van der Waals surface area contributed by atoms with Gasteiger partial charge < -0.3 is 24.2 Å². The number of hydrogen-bond donors (Lipinski definition) is 0. The van der Waals surface area contributed by atoms with Crippen LogP contribution in [0, 0.1) is 0 Å². The molecule has 3 fully saturated rings. The quantitative estimate of drug-likeness (QED) is 0.496. The smallest absolute Gasteiger partial charge is 0.410 e. The van der Waals surface area contributed by atoms with E-state index in [0.717, 1.165) is 36.6 Å². The van der Waals surface area contributed by atoms with Gasteiger partial charge in [0.25, 0.3) is 0 Å². The van der Waals surface area contributed by atoms with Gasteiger partial charge in [0.15, 0.2) is 6.10 Å². The standard InChI is InChI=1S/C30H41N5O3/c1-5-28(32-13-15-33(16-14-32)30(36)38-27-20-37-21-27)29-17-26(19-35(29)31-4)24-10-8-23(9-11-24)25-7-6-12-34(18-25)22(2)3/h5,8-11,17,19,22,25,27H,4,6-7,12-16,18,20-21H2,1-3H3/b28-5+. The molecule has 204 valence electrons. The Morgan fingerprint density at radius 2 is 1.79 bits per heavy atom. The molecule has 8 nitrogen and oxygen atoms in total. The Hall–Kier alpha value is -3.10. The Balaban J connectivity index is 1.26. The molecule has 3 aliphatic heterocycles. The van der Waals surface area contributed by atoms with Gasteiger partial charge in [-0.3, -0.25) is 0 Å². The van der Waals surface area contributed by atoms with E-state index in [2.05, 4.69) is 78.1 Å². The van der Waals surface area contributed by atoms with Crippen LogP contribution < -0.4 is 0 Å². The SMILES string of the molecule is C=Nn1cc(-c2ccc(C3CCCN(C(C)C)C3)cc2)cc1/C(=C\C)N1CCN(C(=O)OC2COC2)CC1. The Labute approximate surface area is 226 Å². The number of carbonyl (C=O) groups is 1. The number of piperidine rings is 1. The summed E-state index contributed by atoms with van der Waals surface area (Å²) in [6, 6.07) is 11.9. The zero-order valence-electron chi connectivity index (χ0n) is 23.0. The van der Waals surface area contributed by atoms with Crippen molar-refractivity contribution in [2.45, 2.75) is 51.7 Å². The van der Waals surface area contributed by atoms with E-state index < -0.39 is 0 Å². The maximum atomic E-state index is 12.4. The number of benzene rings is 1. The van der Waals surface area contributed by atoms with Gasteiger partial charge in [0.2, 0.25) is 0 Å². The molecule has 0 radical (unpaired) electrons. The zero-order valence-corrected chi connectivity index (χ0v) is 23.0. The summed E-state index contributed by atoms with van der Waals surface area (Å²) < 4.78 is 12.4. The summed E-state index contributed by atoms with van der Waals surface area (Å²) >= 11 is 0. The first-order chi connectivity index (χ1) is 18.5. The predicted molar refractivity (Wildman–Crippen MR) is 151 cm³/mol. The van der Waals surface area contributed by atoms with E-state index >= 15 is 0 Å². The van der Waals surface area contributed by atoms with Crippen LogP contribution in [0.4, 0.5) is 4.79 Å². The van der Waals surface area contributed by atoms with E-state index in [1.165, 1.54) is 30.5 Å². The molecule has 0 aliphatic carbocycles. The average molecular weight is 520 g/mol. The van der Waals surface area contributed by atoms with Crippen LogP contribution in [0.25, 0.3) is 16.8 Å². The number of nitrogens with zero attached hydrogens (tertiary/aromatic N) is 5. The Bertz CT molecular complexity index is 1140. The molecule has 2 aromatic rings. The topological polar surface area (TPSA) is 62.5 Å². The molecule has 0 spiro atoms. The van der Waals surface area contributed by atoms with Gasteiger partial charge in [-0.1, -0.05) is 30.3 Å². The van der Waals surface area contributed by atoms with E-state index in [-0.39, 0.29) is 12.2 Å². The lowest BCUT2D eigenvalue weighted by Gasteiger charge is -2.38. The highest BCUT2D eigenvalue weighted by Crippen LogP contribution is 2.32. The van der Waals surface area contributed by atoms with Crippen molar-refractivity contribution in [3.63, 3.8) is 0 Å². The molecule has 0 N–H and O–H groups in total. The fourth-order valence-electron chi connectivity index (χ4n) is 5.74. The van der Waals surface area contributed by atoms with E-state index in [1.54, 1.807) is 4.90 Å². The van der Waals surface area contributed by atoms with Crippen LogP contribution in [-0.2, 0) is 9.47 Å². The van der Waals surface area contributed by atoms with Crippen molar-refractivity contribution in [1.82, 2.24) is 19.4 Å². The van der Waals surface area contributed by atoms with Gasteiger partial charge in [-0.05, 0) is 63.3 Å². The first kappa shape index (κ1) is 26.5. The Kier molecular flexibility index (Phi) is 8.19. The van der Waals surface area contributed by atoms with E-state index in [1.807, 2.05) is 11.6 Å². The molecule has 0 bridgehead atoms. The van der Waals surface area contributed by atoms with Crippen molar-refractivity contribution < 1.29 is 14.3 Å². The summed E-state index contributed by atoms with van der Waals surface area (Å²) in [5, 5.41) is 4.29. The Morgan fingerprint density at radius 1 is 1.08 bits per heavy atom. The van der Waals surface area contributed by atoms with Gasteiger partial charge in [0.1, 0.15) is 0 Å². The molecule has 38 heavy (non-hydrogen) atoms. The third kappa shape index (κ3) is 5.66. The van der Waals surface area contributed by atoms with E-state index in [0.29, 0.717) is 38.3 Å². The second kappa shape index (κ2) is 11.7. The minimum atomic E-state index is -0.244. The van der Waals surface area contributed by atoms with Crippen LogP contribution in [0.15, 0.2) is 47.7 Å². The van der Waals surface area contributed by atoms with Crippen LogP contribution in [0.1, 0.15) is 50.8 Å². The third-order valence-electron chi connectivity index (χ3n) is 8.14. The van der Waals surface area contributed by atoms with Crippen LogP contribution in [-0.4, -0.2) is 96.8 Å². The normalized spacial score (nSPS) is 21.5. The molecule has 3 saturated heterocycles. The molecule has 0 saturated carbocycles. The van der Waals surface area contributed by atoms with Gasteiger partial charge in [-0.2, -0.15) is 5.10 Å². The predicted octanol–water partition coefficient (Wildman–Crippen LogP) is 4.72. The van der Waals surface area contributed by atoms with Gasteiger partial charge in [-0.15, -0.1) is 0 Å². The summed E-state index contributed by atoms with van der Waals surface area (Å²) in [6.45, 7) is 16.5. The third-order valence-corrected chi connectivity index (χ3v) is 8.14. The highest BCUT2D eigenvalue weighted by atomic mass is 16.6. The molecule has 8 heteroatoms. The monoisotopic (exact) mass is 519 g/mol. The Morgan fingerprint density at radius 3 is 2.39 bits per heavy atom. The van der Waals surface area contributed by atoms with Crippen molar-refractivity contribution in [3.05, 3.63) is 53.9 Å². The van der Waals surface area contributed by atoms with Crippen molar-refractivity contribution in [1.29, 1.82) is 0 Å². The fraction of sp³-hybridized carbons (Fsp3) is 0.533. The minimum absolute atomic E-state index is 0.0987. The number of hydrogen-bond acceptors (Lipinski definition) is 6. The van der Waals surface area contributed by atoms with Crippen molar-refractivity contribution in [2.24, 2.45) is 5.10 Å². The largest absolute Gasteiger partial charge is 0.441 e. The maximum Gasteiger partial charge on any atom is 0.410 e. The maximum absolute atomic E-state index is 12.4. The molecule has 1 aromatic carbocycles. The van der Waals surface area contributed by atoms with E-state index in [4.69, 9.17) is 9.47 Å². The van der Waals surface area contributed by atoms with Crippen LogP contribution in [0.5, 0.6) is 0 Å². The highest BCUT2D eigenvalue weighted by molar-refractivity contribution is 5.72. The molecule has 1 unspecified atom stereocenters. The first-order valence-electron chi connectivity index (χ1n) is 14.0. The number of aromatic nitrogens is 1. The average Bonchev–Trinajstić information content (AvgIpc) is 3.35. The second-order valence-electron chi connectivity index (χ2n) is 10.8. The van der Waals surface area contributed by atoms with Gasteiger partial charge in [-0.25, -0.2) is 9.47 Å². The number of amides is 1. The van der Waals surface area contributed by atoms with Gasteiger partial charge in [0, 0.05) is 57.2 Å². The van der Waals surface area contributed by atoms with Crippen molar-refractivity contribution in [2.75, 3.05) is 52.5 Å². The summed E-state index contributed by atoms with van der Waals surface area (Å²) in [4.78, 5) is 19.1. The zero-order chi connectivity index (χ0) is 26.6. The summed E-state index contributed by atoms with van der Waals surface area (Å²) in [7, 11) is 0. The van der Waals surface area contributed by atoms with Crippen LogP contribution in [0.3, 0.4) is 0 Å². The molecular formula is C30H41N5O3. The summed E-state index contributed by atoms with van der Waals surface area (Å²) in [5.74, 6) is 0.600. The molecular weight excluding hydrogens is 478 g/mol. The molecule has 1 aromatic heterocycles. The molecule has 1 atom stereocenters. The number of ether oxygens (including phenoxy) is 2. The highest BCUT2D eigenvalue weighted by Gasteiger charge is 2.29. The molecule has 4 heterocycles. The molecule has 5 rings (SSSR count). The van der Waals surface area contributed by atoms with Crippen LogP contribution in [0.2, 0.25) is 0 Å². The fourth-order valence-corrected chi connectivity index (χ4v) is 5.74. The van der Waals surface area contributed by atoms with Gasteiger partial charge in [0.05, 0.1) is 24.6 Å². The number of rotatable bonds is 7. The van der Waals surface area contributed by atoms with E-state index in [9.17, 15) is 4.79 Å². The second-order valence-corrected chi connectivity index (χ2v) is 10.8. The number of allylic oxidation sites excluding steroid dienone is 1. The lowest BCUT2D eigenvalue weighted by atomic mass is 9.89. The van der Waals surface area contributed by atoms with Gasteiger partial charge >= 0.3 is 6.09 Å². The lowest BCUT2D eigenvalue weighted by molar-refractivity contribution is -0.105. The molecule has 3 aliphatic rings. The minimum Gasteiger partial charge on any atom is -0.441 e. The molecule has 1 amide bonds. The summed E-state index contributed by atoms with van der Waals surface area (Å²) in [5.41, 5.74) is 5.82. The lowest BCUT2D eigenvalue weighted by Crippen LogP contribution is -2.50. The number of likely N-dealkylation sites (tertiary alicyclic amines) is 1. The van der Waals surface area contributed by atoms with Crippen molar-refractivity contribution >= 4 is 18.5 Å². The number of carbonyl (C=O) groups excluding carboxylic acids is 1. The van der Waals surface area contributed by atoms with Crippen LogP contribution >= 0.6 is 0 Å². The first-order valence-corrected chi connectivity index (χ1v) is 14.0. The summed E-state index contributed by atoms with van der Waals surface area (Å²) in [6.07, 6.45) is 6.35. The van der Waals surface area contributed by atoms with Crippen molar-refractivity contribution in [3.8, 4) is 11.1 Å². The number of piperazine rings is 1.